The molecule has 1 atom stereocenters. The number of hydrogen-bond donors (Lipinski definition) is 0. The number of pyridine rings is 1. The first-order valence-corrected chi connectivity index (χ1v) is 8.45. The third-order valence-electron chi connectivity index (χ3n) is 3.40. The summed E-state index contributed by atoms with van der Waals surface area (Å²) in [7, 11) is 0. The number of thiocarbonyl (C=S) groups is 1. The minimum absolute atomic E-state index is 0.0637. The Morgan fingerprint density at radius 1 is 1.23 bits per heavy atom. The summed E-state index contributed by atoms with van der Waals surface area (Å²) in [6.07, 6.45) is 4.13. The van der Waals surface area contributed by atoms with E-state index >= 15 is 0 Å². The van der Waals surface area contributed by atoms with Gasteiger partial charge in [-0.05, 0) is 35.7 Å². The van der Waals surface area contributed by atoms with Crippen molar-refractivity contribution in [1.29, 1.82) is 0 Å². The smallest absolute Gasteiger partial charge is 0.242 e. The summed E-state index contributed by atoms with van der Waals surface area (Å²) in [5.41, 5.74) is 2.06. The van der Waals surface area contributed by atoms with Gasteiger partial charge in [-0.2, -0.15) is 0 Å². The number of benzene rings is 1. The molecule has 1 saturated heterocycles. The number of thioether (sulfide) groups is 1. The molecular formula is C16H13ClN2OS2. The second-order valence-corrected chi connectivity index (χ2v) is 7.26. The lowest BCUT2D eigenvalue weighted by molar-refractivity contribution is -0.126. The number of carbonyl (C=O) groups is 1. The SMILES string of the molecule is O=C1[C@@H](Cc2ccc(Cl)cc2)SC(=S)N1Cc1cccnc1. The zero-order chi connectivity index (χ0) is 15.5. The van der Waals surface area contributed by atoms with Crippen LogP contribution in [0.3, 0.4) is 0 Å². The lowest BCUT2D eigenvalue weighted by atomic mass is 10.1. The van der Waals surface area contributed by atoms with E-state index in [9.17, 15) is 4.79 Å². The first-order valence-electron chi connectivity index (χ1n) is 6.79. The van der Waals surface area contributed by atoms with Crippen molar-refractivity contribution in [3.05, 3.63) is 64.9 Å². The van der Waals surface area contributed by atoms with Gasteiger partial charge in [0.25, 0.3) is 0 Å². The molecule has 1 aliphatic heterocycles. The molecule has 6 heteroatoms. The van der Waals surface area contributed by atoms with Gasteiger partial charge in [-0.15, -0.1) is 0 Å². The van der Waals surface area contributed by atoms with Gasteiger partial charge in [0.15, 0.2) is 0 Å². The fourth-order valence-corrected chi connectivity index (χ4v) is 3.94. The van der Waals surface area contributed by atoms with Crippen LogP contribution in [0.5, 0.6) is 0 Å². The maximum atomic E-state index is 12.6. The van der Waals surface area contributed by atoms with Crippen LogP contribution in [0.1, 0.15) is 11.1 Å². The minimum Gasteiger partial charge on any atom is -0.292 e. The predicted molar refractivity (Wildman–Crippen MR) is 93.9 cm³/mol. The highest BCUT2D eigenvalue weighted by atomic mass is 35.5. The van der Waals surface area contributed by atoms with E-state index in [2.05, 4.69) is 4.98 Å². The van der Waals surface area contributed by atoms with E-state index in [0.29, 0.717) is 22.3 Å². The quantitative estimate of drug-likeness (QED) is 0.789. The van der Waals surface area contributed by atoms with Crippen LogP contribution in [0.2, 0.25) is 5.02 Å². The van der Waals surface area contributed by atoms with E-state index in [4.69, 9.17) is 23.8 Å². The molecule has 0 spiro atoms. The van der Waals surface area contributed by atoms with E-state index in [1.165, 1.54) is 11.8 Å². The van der Waals surface area contributed by atoms with E-state index in [1.807, 2.05) is 36.4 Å². The van der Waals surface area contributed by atoms with Crippen molar-refractivity contribution in [1.82, 2.24) is 9.88 Å². The summed E-state index contributed by atoms with van der Waals surface area (Å²) in [6, 6.07) is 11.4. The van der Waals surface area contributed by atoms with Crippen LogP contribution in [0.4, 0.5) is 0 Å². The first kappa shape index (κ1) is 15.5. The van der Waals surface area contributed by atoms with Crippen LogP contribution in [-0.2, 0) is 17.8 Å². The molecule has 112 valence electrons. The molecule has 1 amide bonds. The average Bonchev–Trinajstić information content (AvgIpc) is 2.78. The predicted octanol–water partition coefficient (Wildman–Crippen LogP) is 3.71. The zero-order valence-electron chi connectivity index (χ0n) is 11.6. The maximum absolute atomic E-state index is 12.6. The maximum Gasteiger partial charge on any atom is 0.242 e. The van der Waals surface area contributed by atoms with Gasteiger partial charge in [-0.3, -0.25) is 14.7 Å². The van der Waals surface area contributed by atoms with Crippen LogP contribution < -0.4 is 0 Å². The topological polar surface area (TPSA) is 33.2 Å². The van der Waals surface area contributed by atoms with Crippen molar-refractivity contribution >= 4 is 45.8 Å². The summed E-state index contributed by atoms with van der Waals surface area (Å²) in [6.45, 7) is 0.482. The summed E-state index contributed by atoms with van der Waals surface area (Å²) in [5, 5.41) is 0.535. The molecule has 3 rings (SSSR count). The summed E-state index contributed by atoms with van der Waals surface area (Å²) < 4.78 is 0.632. The van der Waals surface area contributed by atoms with E-state index in [-0.39, 0.29) is 11.2 Å². The van der Waals surface area contributed by atoms with E-state index in [1.54, 1.807) is 17.3 Å². The molecular weight excluding hydrogens is 336 g/mol. The first-order chi connectivity index (χ1) is 10.6. The molecule has 1 aliphatic rings. The van der Waals surface area contributed by atoms with Gasteiger partial charge in [0, 0.05) is 17.4 Å². The van der Waals surface area contributed by atoms with Crippen molar-refractivity contribution in [3.8, 4) is 0 Å². The second-order valence-electron chi connectivity index (χ2n) is 4.99. The Morgan fingerprint density at radius 3 is 2.68 bits per heavy atom. The third-order valence-corrected chi connectivity index (χ3v) is 5.24. The summed E-state index contributed by atoms with van der Waals surface area (Å²) >= 11 is 12.7. The molecule has 3 nitrogen and oxygen atoms in total. The summed E-state index contributed by atoms with van der Waals surface area (Å²) in [5.74, 6) is 0.0637. The molecule has 1 fully saturated rings. The lowest BCUT2D eigenvalue weighted by Crippen LogP contribution is -2.31. The van der Waals surface area contributed by atoms with Crippen LogP contribution in [0, 0.1) is 0 Å². The van der Waals surface area contributed by atoms with Gasteiger partial charge < -0.3 is 0 Å². The molecule has 0 aliphatic carbocycles. The van der Waals surface area contributed by atoms with Crippen molar-refractivity contribution in [2.45, 2.75) is 18.2 Å². The Kier molecular flexibility index (Phi) is 4.76. The van der Waals surface area contributed by atoms with Crippen LogP contribution >= 0.6 is 35.6 Å². The molecule has 0 bridgehead atoms. The summed E-state index contributed by atoms with van der Waals surface area (Å²) in [4.78, 5) is 18.3. The third kappa shape index (κ3) is 3.48. The van der Waals surface area contributed by atoms with Crippen molar-refractivity contribution in [3.63, 3.8) is 0 Å². The Morgan fingerprint density at radius 2 is 2.00 bits per heavy atom. The molecule has 2 heterocycles. The van der Waals surface area contributed by atoms with Gasteiger partial charge in [0.2, 0.25) is 5.91 Å². The molecule has 22 heavy (non-hydrogen) atoms. The fraction of sp³-hybridized carbons (Fsp3) is 0.188. The Labute approximate surface area is 143 Å². The standard InChI is InChI=1S/C16H13ClN2OS2/c17-13-5-3-11(4-6-13)8-14-15(20)19(16(21)22-14)10-12-2-1-7-18-9-12/h1-7,9,14H,8,10H2/t14-/m1/s1. The molecule has 0 radical (unpaired) electrons. The number of carbonyl (C=O) groups excluding carboxylic acids is 1. The molecule has 0 saturated carbocycles. The largest absolute Gasteiger partial charge is 0.292 e. The van der Waals surface area contributed by atoms with Crippen molar-refractivity contribution in [2.75, 3.05) is 0 Å². The van der Waals surface area contributed by atoms with Crippen molar-refractivity contribution in [2.24, 2.45) is 0 Å². The number of aromatic nitrogens is 1. The Balaban J connectivity index is 1.70. The molecule has 0 unspecified atom stereocenters. The minimum atomic E-state index is -0.162. The fourth-order valence-electron chi connectivity index (χ4n) is 2.28. The number of amides is 1. The highest BCUT2D eigenvalue weighted by molar-refractivity contribution is 8.24. The lowest BCUT2D eigenvalue weighted by Gasteiger charge is -2.15. The molecule has 0 N–H and O–H groups in total. The number of hydrogen-bond acceptors (Lipinski definition) is 4. The van der Waals surface area contributed by atoms with Crippen LogP contribution in [-0.4, -0.2) is 25.4 Å². The van der Waals surface area contributed by atoms with Gasteiger partial charge in [-0.1, -0.05) is 53.8 Å². The number of rotatable bonds is 4. The zero-order valence-corrected chi connectivity index (χ0v) is 14.0. The van der Waals surface area contributed by atoms with Crippen molar-refractivity contribution < 1.29 is 4.79 Å². The van der Waals surface area contributed by atoms with Crippen LogP contribution in [0.25, 0.3) is 0 Å². The van der Waals surface area contributed by atoms with Gasteiger partial charge in [0.1, 0.15) is 4.32 Å². The normalized spacial score (nSPS) is 18.0. The average molecular weight is 349 g/mol. The monoisotopic (exact) mass is 348 g/mol. The van der Waals surface area contributed by atoms with Gasteiger partial charge in [-0.25, -0.2) is 0 Å². The Bertz CT molecular complexity index is 691. The number of halogens is 1. The molecule has 1 aromatic heterocycles. The van der Waals surface area contributed by atoms with Gasteiger partial charge >= 0.3 is 0 Å². The van der Waals surface area contributed by atoms with E-state index < -0.39 is 0 Å². The molecule has 1 aromatic carbocycles. The number of nitrogens with zero attached hydrogens (tertiary/aromatic N) is 2. The Hall–Kier alpha value is -1.43. The highest BCUT2D eigenvalue weighted by Crippen LogP contribution is 2.31. The highest BCUT2D eigenvalue weighted by Gasteiger charge is 2.36. The second kappa shape index (κ2) is 6.77. The van der Waals surface area contributed by atoms with Crippen LogP contribution in [0.15, 0.2) is 48.8 Å². The van der Waals surface area contributed by atoms with Gasteiger partial charge in [0.05, 0.1) is 11.8 Å². The van der Waals surface area contributed by atoms with E-state index in [0.717, 1.165) is 11.1 Å². The molecule has 2 aromatic rings.